The van der Waals surface area contributed by atoms with Gasteiger partial charge in [0.15, 0.2) is 5.78 Å². The summed E-state index contributed by atoms with van der Waals surface area (Å²) in [6.07, 6.45) is -5.02. The molecule has 2 saturated heterocycles. The van der Waals surface area contributed by atoms with Crippen molar-refractivity contribution in [3.8, 4) is 0 Å². The molecule has 14 heteroatoms. The van der Waals surface area contributed by atoms with Crippen LogP contribution in [0.3, 0.4) is 0 Å². The van der Waals surface area contributed by atoms with Gasteiger partial charge in [-0.2, -0.15) is 0 Å². The lowest BCUT2D eigenvalue weighted by Crippen LogP contribution is -2.56. The van der Waals surface area contributed by atoms with E-state index in [0.717, 1.165) is 11.0 Å². The number of ether oxygens (including phenoxy) is 1. The molecule has 1 aromatic rings. The third-order valence-corrected chi connectivity index (χ3v) is 7.82. The number of rotatable bonds is 8. The Balaban J connectivity index is 1.51. The van der Waals surface area contributed by atoms with E-state index in [2.05, 4.69) is 20.7 Å². The van der Waals surface area contributed by atoms with Crippen LogP contribution in [0.25, 0.3) is 0 Å². The number of hydrogen-bond acceptors (Lipinski definition) is 6. The van der Waals surface area contributed by atoms with Crippen LogP contribution in [0, 0.1) is 29.0 Å². The summed E-state index contributed by atoms with van der Waals surface area (Å²) in [6, 6.07) is 2.49. The van der Waals surface area contributed by atoms with Gasteiger partial charge in [-0.05, 0) is 42.2 Å². The fraction of sp³-hybridized carbons (Fsp3) is 0.560. The third kappa shape index (κ3) is 6.05. The molecule has 212 valence electrons. The first-order valence-electron chi connectivity index (χ1n) is 12.4. The zero-order valence-electron chi connectivity index (χ0n) is 21.1. The number of carbonyl (C=O) groups is 5. The smallest absolute Gasteiger partial charge is 0.356 e. The molecule has 0 bridgehead atoms. The molecule has 4 amide bonds. The summed E-state index contributed by atoms with van der Waals surface area (Å²) in [5.74, 6) is -6.64. The molecule has 4 rings (SSSR count). The predicted octanol–water partition coefficient (Wildman–Crippen LogP) is 1.36. The first kappa shape index (κ1) is 28.5. The zero-order valence-corrected chi connectivity index (χ0v) is 21.1. The molecule has 2 heterocycles. The second-order valence-corrected chi connectivity index (χ2v) is 10.6. The molecule has 3 N–H and O–H groups in total. The number of anilines is 1. The topological polar surface area (TPSA) is 134 Å². The highest BCUT2D eigenvalue weighted by Gasteiger charge is 2.69. The highest BCUT2D eigenvalue weighted by Crippen LogP contribution is 2.64. The Morgan fingerprint density at radius 2 is 1.90 bits per heavy atom. The number of nitrogens with zero attached hydrogens (tertiary/aromatic N) is 1. The first-order chi connectivity index (χ1) is 18.2. The summed E-state index contributed by atoms with van der Waals surface area (Å²) < 4.78 is 55.3. The monoisotopic (exact) mass is 556 g/mol. The number of alkyl halides is 3. The number of para-hydroxylation sites is 1. The molecule has 1 aromatic carbocycles. The first-order valence-corrected chi connectivity index (χ1v) is 12.4. The number of piperidine rings is 1. The number of hydrogen-bond donors (Lipinski definition) is 3. The molecule has 39 heavy (non-hydrogen) atoms. The Labute approximate surface area is 220 Å². The van der Waals surface area contributed by atoms with Crippen LogP contribution in [-0.2, 0) is 28.7 Å². The minimum Gasteiger partial charge on any atom is -0.356 e. The predicted molar refractivity (Wildman–Crippen MR) is 126 cm³/mol. The fourth-order valence-electron chi connectivity index (χ4n) is 5.60. The minimum atomic E-state index is -5.08. The van der Waals surface area contributed by atoms with Crippen LogP contribution in [-0.4, -0.2) is 72.5 Å². The maximum absolute atomic E-state index is 14.0. The number of likely N-dealkylation sites (tertiary alicyclic amines) is 1. The number of fused-ring (bicyclic) bond motifs is 1. The average molecular weight is 557 g/mol. The van der Waals surface area contributed by atoms with Crippen LogP contribution in [0.4, 0.5) is 23.2 Å². The van der Waals surface area contributed by atoms with Gasteiger partial charge in [-0.3, -0.25) is 28.7 Å². The Morgan fingerprint density at radius 1 is 1.21 bits per heavy atom. The average Bonchev–Trinajstić information content (AvgIpc) is 3.20. The van der Waals surface area contributed by atoms with Gasteiger partial charge >= 0.3 is 18.2 Å². The number of ketones is 1. The molecule has 1 saturated carbocycles. The molecule has 5 atom stereocenters. The molecular formula is C25H28F4N4O6. The molecule has 3 fully saturated rings. The highest BCUT2D eigenvalue weighted by molar-refractivity contribution is 6.40. The van der Waals surface area contributed by atoms with Crippen molar-refractivity contribution in [1.29, 1.82) is 0 Å². The normalized spacial score (nSPS) is 25.9. The summed E-state index contributed by atoms with van der Waals surface area (Å²) in [6.45, 7) is 2.72. The summed E-state index contributed by atoms with van der Waals surface area (Å²) in [7, 11) is 0. The lowest BCUT2D eigenvalue weighted by Gasteiger charge is -2.31. The van der Waals surface area contributed by atoms with E-state index in [0.29, 0.717) is 13.0 Å². The zero-order chi connectivity index (χ0) is 28.7. The van der Waals surface area contributed by atoms with Crippen molar-refractivity contribution in [2.45, 2.75) is 45.1 Å². The summed E-state index contributed by atoms with van der Waals surface area (Å²) in [5, 5.41) is 7.16. The molecule has 0 unspecified atom stereocenters. The van der Waals surface area contributed by atoms with Gasteiger partial charge in [0.25, 0.3) is 0 Å². The van der Waals surface area contributed by atoms with Gasteiger partial charge in [-0.15, -0.1) is 13.2 Å². The molecule has 1 aliphatic carbocycles. The SMILES string of the molecule is CC1(C)[C@@H]2[C@@H](C(=O)N[C@@H](C[C@@H]3CCNC3=O)C(=O)COC(F)(F)F)N(C(=O)C(=O)Nc3ccccc3F)C[C@@H]21. The fourth-order valence-corrected chi connectivity index (χ4v) is 5.60. The third-order valence-electron chi connectivity index (χ3n) is 7.82. The van der Waals surface area contributed by atoms with Crippen LogP contribution in [0.2, 0.25) is 0 Å². The summed E-state index contributed by atoms with van der Waals surface area (Å²) >= 11 is 0. The molecule has 10 nitrogen and oxygen atoms in total. The van der Waals surface area contributed by atoms with Crippen LogP contribution in [0.15, 0.2) is 24.3 Å². The summed E-state index contributed by atoms with van der Waals surface area (Å²) in [4.78, 5) is 64.9. The lowest BCUT2D eigenvalue weighted by atomic mass is 9.95. The maximum Gasteiger partial charge on any atom is 0.522 e. The van der Waals surface area contributed by atoms with E-state index in [-0.39, 0.29) is 35.9 Å². The number of halogens is 4. The van der Waals surface area contributed by atoms with E-state index >= 15 is 0 Å². The number of carbonyl (C=O) groups excluding carboxylic acids is 5. The van der Waals surface area contributed by atoms with E-state index in [1.165, 1.54) is 18.2 Å². The second-order valence-electron chi connectivity index (χ2n) is 10.6. The number of amides is 4. The Hall–Kier alpha value is -3.55. The van der Waals surface area contributed by atoms with Gasteiger partial charge in [-0.1, -0.05) is 26.0 Å². The van der Waals surface area contributed by atoms with E-state index in [9.17, 15) is 41.5 Å². The van der Waals surface area contributed by atoms with Gasteiger partial charge in [0.05, 0.1) is 11.7 Å². The maximum atomic E-state index is 14.0. The Bertz CT molecular complexity index is 1190. The van der Waals surface area contributed by atoms with Crippen LogP contribution >= 0.6 is 0 Å². The molecule has 0 radical (unpaired) electrons. The number of nitrogens with one attached hydrogen (secondary N) is 3. The molecular weight excluding hydrogens is 528 g/mol. The lowest BCUT2D eigenvalue weighted by molar-refractivity contribution is -0.321. The minimum absolute atomic E-state index is 0.0418. The van der Waals surface area contributed by atoms with Crippen molar-refractivity contribution >= 4 is 35.1 Å². The number of Topliss-reactive ketones (excluding diaryl/α,β-unsaturated/α-hetero) is 1. The van der Waals surface area contributed by atoms with E-state index in [4.69, 9.17) is 0 Å². The van der Waals surface area contributed by atoms with Crippen LogP contribution in [0.5, 0.6) is 0 Å². The van der Waals surface area contributed by atoms with Crippen molar-refractivity contribution in [2.75, 3.05) is 25.0 Å². The van der Waals surface area contributed by atoms with E-state index in [1.807, 2.05) is 13.8 Å². The van der Waals surface area contributed by atoms with Gasteiger partial charge in [0, 0.05) is 19.0 Å². The number of benzene rings is 1. The van der Waals surface area contributed by atoms with Crippen LogP contribution in [0.1, 0.15) is 26.7 Å². The summed E-state index contributed by atoms with van der Waals surface area (Å²) in [5.41, 5.74) is -0.614. The van der Waals surface area contributed by atoms with Gasteiger partial charge in [-0.25, -0.2) is 4.39 Å². The highest BCUT2D eigenvalue weighted by atomic mass is 19.4. The second kappa shape index (κ2) is 10.5. The molecule has 0 aromatic heterocycles. The van der Waals surface area contributed by atoms with Crippen molar-refractivity contribution in [2.24, 2.45) is 23.2 Å². The van der Waals surface area contributed by atoms with Gasteiger partial charge in [0.2, 0.25) is 11.8 Å². The quantitative estimate of drug-likeness (QED) is 0.327. The largest absolute Gasteiger partial charge is 0.522 e. The van der Waals surface area contributed by atoms with Gasteiger partial charge in [0.1, 0.15) is 18.5 Å². The van der Waals surface area contributed by atoms with E-state index in [1.54, 1.807) is 0 Å². The molecule has 3 aliphatic rings. The van der Waals surface area contributed by atoms with Crippen molar-refractivity contribution < 1.29 is 46.3 Å². The van der Waals surface area contributed by atoms with Crippen molar-refractivity contribution in [3.05, 3.63) is 30.1 Å². The Morgan fingerprint density at radius 3 is 2.51 bits per heavy atom. The van der Waals surface area contributed by atoms with E-state index < -0.39 is 66.2 Å². The molecule has 2 aliphatic heterocycles. The molecule has 0 spiro atoms. The van der Waals surface area contributed by atoms with Crippen molar-refractivity contribution in [1.82, 2.24) is 15.5 Å². The van der Waals surface area contributed by atoms with Gasteiger partial charge < -0.3 is 20.9 Å². The van der Waals surface area contributed by atoms with Crippen molar-refractivity contribution in [3.63, 3.8) is 0 Å². The standard InChI is InChI=1S/C25H28F4N4O6/c1-24(2)13-10-33(23(38)22(37)31-15-6-4-3-5-14(15)26)19(18(13)24)21(36)32-16(9-12-7-8-30-20(12)35)17(34)11-39-25(27,28)29/h3-6,12-13,16,18-19H,7-11H2,1-2H3,(H,30,35)(H,31,37)(H,32,36)/t12-,13-,16-,18-,19-/m0/s1. The Kier molecular flexibility index (Phi) is 7.70. The van der Waals surface area contributed by atoms with Crippen LogP contribution < -0.4 is 16.0 Å².